The van der Waals surface area contributed by atoms with E-state index in [0.717, 1.165) is 0 Å². The molecule has 0 aliphatic heterocycles. The molecule has 5 heteroatoms. The quantitative estimate of drug-likeness (QED) is 0.806. The molecular weight excluding hydrogens is 244 g/mol. The number of halogens is 3. The summed E-state index contributed by atoms with van der Waals surface area (Å²) in [5.41, 5.74) is 0.556. The molecule has 1 N–H and O–H groups in total. The van der Waals surface area contributed by atoms with Gasteiger partial charge < -0.3 is 5.32 Å². The molecule has 0 radical (unpaired) electrons. The Bertz CT molecular complexity index is 365. The van der Waals surface area contributed by atoms with Gasteiger partial charge in [0.2, 0.25) is 5.91 Å². The fourth-order valence-electron chi connectivity index (χ4n) is 0.980. The molecule has 0 saturated heterocycles. The predicted molar refractivity (Wildman–Crippen MR) is 59.2 cm³/mol. The summed E-state index contributed by atoms with van der Waals surface area (Å²) in [6, 6.07) is 3.22. The molecule has 1 amide bonds. The number of nitrogens with one attached hydrogen (secondary N) is 1. The third-order valence-electron chi connectivity index (χ3n) is 1.76. The van der Waals surface area contributed by atoms with Crippen molar-refractivity contribution in [2.24, 2.45) is 0 Å². The standard InChI is InChI=1S/C9H8Cl3NO/c1-13-8(14)4-5-6(10)2-3-7(11)9(5)12/h2-3H,4H2,1H3,(H,13,14). The average molecular weight is 253 g/mol. The maximum absolute atomic E-state index is 11.1. The highest BCUT2D eigenvalue weighted by molar-refractivity contribution is 6.44. The number of likely N-dealkylation sites (N-methyl/N-ethyl adjacent to an activating group) is 1. The Labute approximate surface area is 97.1 Å². The van der Waals surface area contributed by atoms with Gasteiger partial charge in [0.15, 0.2) is 0 Å². The molecule has 0 bridgehead atoms. The SMILES string of the molecule is CNC(=O)Cc1c(Cl)ccc(Cl)c1Cl. The molecule has 0 saturated carbocycles. The van der Waals surface area contributed by atoms with E-state index in [1.165, 1.54) is 0 Å². The van der Waals surface area contributed by atoms with Crippen LogP contribution in [0.25, 0.3) is 0 Å². The molecule has 0 aromatic heterocycles. The van der Waals surface area contributed by atoms with E-state index < -0.39 is 0 Å². The van der Waals surface area contributed by atoms with Crippen LogP contribution in [-0.2, 0) is 11.2 Å². The van der Waals surface area contributed by atoms with Gasteiger partial charge in [0, 0.05) is 17.6 Å². The number of rotatable bonds is 2. The lowest BCUT2D eigenvalue weighted by molar-refractivity contribution is -0.119. The first kappa shape index (κ1) is 11.6. The maximum Gasteiger partial charge on any atom is 0.224 e. The fourth-order valence-corrected chi connectivity index (χ4v) is 1.66. The zero-order valence-corrected chi connectivity index (χ0v) is 9.67. The van der Waals surface area contributed by atoms with E-state index in [2.05, 4.69) is 5.32 Å². The predicted octanol–water partition coefficient (Wildman–Crippen LogP) is 2.94. The molecule has 0 heterocycles. The van der Waals surface area contributed by atoms with Gasteiger partial charge >= 0.3 is 0 Å². The molecule has 1 aromatic carbocycles. The zero-order valence-electron chi connectivity index (χ0n) is 7.40. The van der Waals surface area contributed by atoms with Gasteiger partial charge in [-0.1, -0.05) is 34.8 Å². The molecule has 0 aliphatic rings. The van der Waals surface area contributed by atoms with Crippen LogP contribution in [0.15, 0.2) is 12.1 Å². The van der Waals surface area contributed by atoms with Crippen molar-refractivity contribution in [2.45, 2.75) is 6.42 Å². The van der Waals surface area contributed by atoms with E-state index in [-0.39, 0.29) is 12.3 Å². The minimum absolute atomic E-state index is 0.134. The Kier molecular flexibility index (Phi) is 4.05. The number of carbonyl (C=O) groups excluding carboxylic acids is 1. The highest BCUT2D eigenvalue weighted by atomic mass is 35.5. The Hall–Kier alpha value is -0.440. The maximum atomic E-state index is 11.1. The smallest absolute Gasteiger partial charge is 0.224 e. The fraction of sp³-hybridized carbons (Fsp3) is 0.222. The third-order valence-corrected chi connectivity index (χ3v) is 2.95. The van der Waals surface area contributed by atoms with Crippen LogP contribution in [0.1, 0.15) is 5.56 Å². The van der Waals surface area contributed by atoms with Crippen LogP contribution in [0.4, 0.5) is 0 Å². The van der Waals surface area contributed by atoms with E-state index in [1.54, 1.807) is 19.2 Å². The lowest BCUT2D eigenvalue weighted by atomic mass is 10.1. The largest absolute Gasteiger partial charge is 0.359 e. The van der Waals surface area contributed by atoms with Crippen molar-refractivity contribution in [3.05, 3.63) is 32.8 Å². The lowest BCUT2D eigenvalue weighted by Gasteiger charge is -2.07. The van der Waals surface area contributed by atoms with Crippen molar-refractivity contribution in [2.75, 3.05) is 7.05 Å². The van der Waals surface area contributed by atoms with Gasteiger partial charge in [0.05, 0.1) is 16.5 Å². The summed E-state index contributed by atoms with van der Waals surface area (Å²) in [5, 5.41) is 3.67. The Morgan fingerprint density at radius 3 is 2.43 bits per heavy atom. The van der Waals surface area contributed by atoms with Gasteiger partial charge in [-0.15, -0.1) is 0 Å². The summed E-state index contributed by atoms with van der Waals surface area (Å²) in [7, 11) is 1.55. The van der Waals surface area contributed by atoms with Crippen LogP contribution in [0.3, 0.4) is 0 Å². The number of benzene rings is 1. The van der Waals surface area contributed by atoms with Gasteiger partial charge in [0.25, 0.3) is 0 Å². The van der Waals surface area contributed by atoms with Crippen LogP contribution >= 0.6 is 34.8 Å². The van der Waals surface area contributed by atoms with Crippen molar-refractivity contribution in [3.63, 3.8) is 0 Å². The molecule has 1 rings (SSSR count). The summed E-state index contributed by atoms with van der Waals surface area (Å²) < 4.78 is 0. The minimum atomic E-state index is -0.156. The third kappa shape index (κ3) is 2.53. The summed E-state index contributed by atoms with van der Waals surface area (Å²) in [5.74, 6) is -0.156. The van der Waals surface area contributed by atoms with Crippen LogP contribution in [0, 0.1) is 0 Å². The van der Waals surface area contributed by atoms with Crippen molar-refractivity contribution < 1.29 is 4.79 Å². The molecule has 0 aliphatic carbocycles. The molecule has 1 aromatic rings. The van der Waals surface area contributed by atoms with Crippen LogP contribution < -0.4 is 5.32 Å². The molecule has 0 fully saturated rings. The molecule has 0 atom stereocenters. The molecule has 14 heavy (non-hydrogen) atoms. The van der Waals surface area contributed by atoms with Crippen molar-refractivity contribution >= 4 is 40.7 Å². The molecule has 0 spiro atoms. The van der Waals surface area contributed by atoms with Crippen LogP contribution in [-0.4, -0.2) is 13.0 Å². The lowest BCUT2D eigenvalue weighted by Crippen LogP contribution is -2.20. The van der Waals surface area contributed by atoms with Crippen LogP contribution in [0.2, 0.25) is 15.1 Å². The van der Waals surface area contributed by atoms with Crippen molar-refractivity contribution in [1.82, 2.24) is 5.32 Å². The van der Waals surface area contributed by atoms with Crippen LogP contribution in [0.5, 0.6) is 0 Å². The van der Waals surface area contributed by atoms with E-state index in [9.17, 15) is 4.79 Å². The Balaban J connectivity index is 3.06. The van der Waals surface area contributed by atoms with E-state index in [1.807, 2.05) is 0 Å². The Morgan fingerprint density at radius 2 is 1.86 bits per heavy atom. The second-order valence-corrected chi connectivity index (χ2v) is 3.86. The molecule has 0 unspecified atom stereocenters. The minimum Gasteiger partial charge on any atom is -0.359 e. The first-order valence-corrected chi connectivity index (χ1v) is 5.02. The van der Waals surface area contributed by atoms with Gasteiger partial charge in [-0.25, -0.2) is 0 Å². The monoisotopic (exact) mass is 251 g/mol. The number of amides is 1. The summed E-state index contributed by atoms with van der Waals surface area (Å²) in [4.78, 5) is 11.1. The van der Waals surface area contributed by atoms with E-state index >= 15 is 0 Å². The number of hydrogen-bond acceptors (Lipinski definition) is 1. The highest BCUT2D eigenvalue weighted by Crippen LogP contribution is 2.31. The highest BCUT2D eigenvalue weighted by Gasteiger charge is 2.12. The number of hydrogen-bond donors (Lipinski definition) is 1. The second kappa shape index (κ2) is 4.87. The topological polar surface area (TPSA) is 29.1 Å². The normalized spacial score (nSPS) is 10.0. The molecular formula is C9H8Cl3NO. The zero-order chi connectivity index (χ0) is 10.7. The molecule has 2 nitrogen and oxygen atoms in total. The van der Waals surface area contributed by atoms with Crippen molar-refractivity contribution in [3.8, 4) is 0 Å². The first-order valence-electron chi connectivity index (χ1n) is 3.89. The average Bonchev–Trinajstić information content (AvgIpc) is 2.18. The second-order valence-electron chi connectivity index (χ2n) is 2.67. The van der Waals surface area contributed by atoms with Crippen molar-refractivity contribution in [1.29, 1.82) is 0 Å². The summed E-state index contributed by atoms with van der Waals surface area (Å²) >= 11 is 17.6. The molecule has 76 valence electrons. The Morgan fingerprint density at radius 1 is 1.29 bits per heavy atom. The van der Waals surface area contributed by atoms with E-state index in [4.69, 9.17) is 34.8 Å². The van der Waals surface area contributed by atoms with E-state index in [0.29, 0.717) is 20.6 Å². The summed E-state index contributed by atoms with van der Waals surface area (Å²) in [6.07, 6.45) is 0.134. The summed E-state index contributed by atoms with van der Waals surface area (Å²) in [6.45, 7) is 0. The van der Waals surface area contributed by atoms with Gasteiger partial charge in [-0.2, -0.15) is 0 Å². The van der Waals surface area contributed by atoms with Gasteiger partial charge in [-0.3, -0.25) is 4.79 Å². The first-order chi connectivity index (χ1) is 6.56. The number of carbonyl (C=O) groups is 1. The van der Waals surface area contributed by atoms with Gasteiger partial charge in [0.1, 0.15) is 0 Å². The van der Waals surface area contributed by atoms with Gasteiger partial charge in [-0.05, 0) is 12.1 Å².